The Hall–Kier alpha value is -1.10. The van der Waals surface area contributed by atoms with E-state index < -0.39 is 5.60 Å². The molecule has 5 nitrogen and oxygen atoms in total. The summed E-state index contributed by atoms with van der Waals surface area (Å²) >= 11 is 0. The molecular weight excluding hydrogens is 244 g/mol. The molecule has 0 bridgehead atoms. The van der Waals surface area contributed by atoms with Crippen LogP contribution in [0.25, 0.3) is 0 Å². The molecule has 0 aromatic heterocycles. The maximum absolute atomic E-state index is 11.7. The molecule has 2 fully saturated rings. The van der Waals surface area contributed by atoms with Gasteiger partial charge in [0.05, 0.1) is 5.60 Å². The Morgan fingerprint density at radius 3 is 2.63 bits per heavy atom. The van der Waals surface area contributed by atoms with Gasteiger partial charge in [-0.05, 0) is 19.3 Å². The first-order valence-corrected chi connectivity index (χ1v) is 7.36. The molecule has 1 saturated carbocycles. The number of nitrogens with zero attached hydrogens (tertiary/aromatic N) is 1. The number of amides is 2. The first kappa shape index (κ1) is 14.3. The standard InChI is InChI=1S/C14H24N2O3/c17-12(6-10-16-9-4-5-13(16)18)15-11-14(19)7-2-1-3-8-14/h19H,1-11H2,(H,15,17). The van der Waals surface area contributed by atoms with Crippen LogP contribution in [0.15, 0.2) is 0 Å². The van der Waals surface area contributed by atoms with Crippen LogP contribution in [0.4, 0.5) is 0 Å². The number of aliphatic hydroxyl groups is 1. The van der Waals surface area contributed by atoms with Crippen molar-refractivity contribution in [3.8, 4) is 0 Å². The normalized spacial score (nSPS) is 22.6. The summed E-state index contributed by atoms with van der Waals surface area (Å²) in [5.41, 5.74) is -0.711. The summed E-state index contributed by atoms with van der Waals surface area (Å²) < 4.78 is 0. The van der Waals surface area contributed by atoms with Crippen LogP contribution < -0.4 is 5.32 Å². The predicted molar refractivity (Wildman–Crippen MR) is 71.5 cm³/mol. The fraction of sp³-hybridized carbons (Fsp3) is 0.857. The minimum absolute atomic E-state index is 0.0706. The molecule has 5 heteroatoms. The molecule has 0 spiro atoms. The molecule has 1 saturated heterocycles. The number of carbonyl (C=O) groups excluding carboxylic acids is 2. The first-order chi connectivity index (χ1) is 9.09. The molecule has 2 aliphatic rings. The van der Waals surface area contributed by atoms with E-state index in [0.29, 0.717) is 25.9 Å². The maximum atomic E-state index is 11.7. The van der Waals surface area contributed by atoms with Gasteiger partial charge in [-0.3, -0.25) is 9.59 Å². The average Bonchev–Trinajstić information content (AvgIpc) is 2.81. The molecule has 19 heavy (non-hydrogen) atoms. The predicted octanol–water partition coefficient (Wildman–Crippen LogP) is 0.810. The highest BCUT2D eigenvalue weighted by atomic mass is 16.3. The van der Waals surface area contributed by atoms with Gasteiger partial charge in [0, 0.05) is 32.5 Å². The van der Waals surface area contributed by atoms with Crippen LogP contribution in [0.3, 0.4) is 0 Å². The van der Waals surface area contributed by atoms with E-state index in [1.165, 1.54) is 6.42 Å². The van der Waals surface area contributed by atoms with Gasteiger partial charge in [-0.2, -0.15) is 0 Å². The summed E-state index contributed by atoms with van der Waals surface area (Å²) in [5.74, 6) is 0.0809. The van der Waals surface area contributed by atoms with Crippen molar-refractivity contribution in [1.82, 2.24) is 10.2 Å². The van der Waals surface area contributed by atoms with Crippen molar-refractivity contribution in [3.63, 3.8) is 0 Å². The van der Waals surface area contributed by atoms with E-state index >= 15 is 0 Å². The minimum atomic E-state index is -0.711. The third-order valence-electron chi connectivity index (χ3n) is 4.18. The van der Waals surface area contributed by atoms with E-state index in [9.17, 15) is 14.7 Å². The smallest absolute Gasteiger partial charge is 0.222 e. The Morgan fingerprint density at radius 1 is 1.26 bits per heavy atom. The average molecular weight is 268 g/mol. The molecule has 0 aromatic rings. The number of hydrogen-bond acceptors (Lipinski definition) is 3. The van der Waals surface area contributed by atoms with Crippen LogP contribution in [0.5, 0.6) is 0 Å². The summed E-state index contributed by atoms with van der Waals surface area (Å²) in [5, 5.41) is 13.1. The van der Waals surface area contributed by atoms with E-state index in [4.69, 9.17) is 0 Å². The van der Waals surface area contributed by atoms with E-state index in [1.807, 2.05) is 0 Å². The van der Waals surface area contributed by atoms with Crippen LogP contribution in [0.1, 0.15) is 51.4 Å². The lowest BCUT2D eigenvalue weighted by molar-refractivity contribution is -0.128. The lowest BCUT2D eigenvalue weighted by atomic mass is 9.85. The SMILES string of the molecule is O=C(CCN1CCCC1=O)NCC1(O)CCCCC1. The second-order valence-electron chi connectivity index (χ2n) is 5.80. The zero-order valence-corrected chi connectivity index (χ0v) is 11.5. The minimum Gasteiger partial charge on any atom is -0.388 e. The second kappa shape index (κ2) is 6.37. The van der Waals surface area contributed by atoms with Gasteiger partial charge < -0.3 is 15.3 Å². The van der Waals surface area contributed by atoms with Crippen molar-refractivity contribution in [2.75, 3.05) is 19.6 Å². The van der Waals surface area contributed by atoms with Crippen LogP contribution in [-0.2, 0) is 9.59 Å². The molecular formula is C14H24N2O3. The molecule has 1 aliphatic carbocycles. The highest BCUT2D eigenvalue weighted by molar-refractivity contribution is 5.80. The van der Waals surface area contributed by atoms with E-state index in [2.05, 4.69) is 5.32 Å². The molecule has 2 rings (SSSR count). The molecule has 2 N–H and O–H groups in total. The van der Waals surface area contributed by atoms with Crippen molar-refractivity contribution in [2.45, 2.75) is 57.0 Å². The van der Waals surface area contributed by atoms with Crippen LogP contribution in [0, 0.1) is 0 Å². The molecule has 0 atom stereocenters. The number of hydrogen-bond donors (Lipinski definition) is 2. The topological polar surface area (TPSA) is 69.6 Å². The van der Waals surface area contributed by atoms with Crippen molar-refractivity contribution < 1.29 is 14.7 Å². The van der Waals surface area contributed by atoms with Crippen molar-refractivity contribution in [2.24, 2.45) is 0 Å². The van der Waals surface area contributed by atoms with Crippen LogP contribution >= 0.6 is 0 Å². The Morgan fingerprint density at radius 2 is 2.00 bits per heavy atom. The molecule has 1 aliphatic heterocycles. The molecule has 0 aromatic carbocycles. The third kappa shape index (κ3) is 4.20. The lowest BCUT2D eigenvalue weighted by Crippen LogP contribution is -2.44. The summed E-state index contributed by atoms with van der Waals surface area (Å²) in [6.45, 7) is 1.62. The Bertz CT molecular complexity index is 338. The van der Waals surface area contributed by atoms with Gasteiger partial charge in [-0.15, -0.1) is 0 Å². The lowest BCUT2D eigenvalue weighted by Gasteiger charge is -2.32. The van der Waals surface area contributed by atoms with Gasteiger partial charge in [-0.1, -0.05) is 19.3 Å². The maximum Gasteiger partial charge on any atom is 0.222 e. The molecule has 1 heterocycles. The van der Waals surface area contributed by atoms with Gasteiger partial charge in [0.1, 0.15) is 0 Å². The van der Waals surface area contributed by atoms with E-state index in [0.717, 1.165) is 38.6 Å². The fourth-order valence-electron chi connectivity index (χ4n) is 2.92. The van der Waals surface area contributed by atoms with Crippen LogP contribution in [0.2, 0.25) is 0 Å². The zero-order chi connectivity index (χ0) is 13.7. The van der Waals surface area contributed by atoms with Gasteiger partial charge in [0.2, 0.25) is 11.8 Å². The van der Waals surface area contributed by atoms with Crippen LogP contribution in [-0.4, -0.2) is 47.1 Å². The summed E-state index contributed by atoms with van der Waals surface area (Å²) in [6.07, 6.45) is 6.65. The summed E-state index contributed by atoms with van der Waals surface area (Å²) in [7, 11) is 0. The first-order valence-electron chi connectivity index (χ1n) is 7.36. The Kier molecular flexibility index (Phi) is 4.80. The van der Waals surface area contributed by atoms with E-state index in [1.54, 1.807) is 4.90 Å². The van der Waals surface area contributed by atoms with Gasteiger partial charge in [0.25, 0.3) is 0 Å². The van der Waals surface area contributed by atoms with E-state index in [-0.39, 0.29) is 11.8 Å². The number of rotatable bonds is 5. The molecule has 0 unspecified atom stereocenters. The highest BCUT2D eigenvalue weighted by Gasteiger charge is 2.29. The molecule has 0 radical (unpaired) electrons. The summed E-state index contributed by atoms with van der Waals surface area (Å²) in [4.78, 5) is 24.9. The number of carbonyl (C=O) groups is 2. The fourth-order valence-corrected chi connectivity index (χ4v) is 2.92. The highest BCUT2D eigenvalue weighted by Crippen LogP contribution is 2.27. The third-order valence-corrected chi connectivity index (χ3v) is 4.18. The largest absolute Gasteiger partial charge is 0.388 e. The van der Waals surface area contributed by atoms with Crippen molar-refractivity contribution in [1.29, 1.82) is 0 Å². The van der Waals surface area contributed by atoms with Gasteiger partial charge >= 0.3 is 0 Å². The molecule has 2 amide bonds. The Labute approximate surface area is 114 Å². The van der Waals surface area contributed by atoms with Crippen molar-refractivity contribution >= 4 is 11.8 Å². The van der Waals surface area contributed by atoms with Crippen molar-refractivity contribution in [3.05, 3.63) is 0 Å². The monoisotopic (exact) mass is 268 g/mol. The quantitative estimate of drug-likeness (QED) is 0.775. The van der Waals surface area contributed by atoms with Gasteiger partial charge in [0.15, 0.2) is 0 Å². The number of likely N-dealkylation sites (tertiary alicyclic amines) is 1. The molecule has 108 valence electrons. The zero-order valence-electron chi connectivity index (χ0n) is 11.5. The summed E-state index contributed by atoms with van der Waals surface area (Å²) in [6, 6.07) is 0. The Balaban J connectivity index is 1.65. The second-order valence-corrected chi connectivity index (χ2v) is 5.80. The number of nitrogens with one attached hydrogen (secondary N) is 1. The van der Waals surface area contributed by atoms with Gasteiger partial charge in [-0.25, -0.2) is 0 Å².